The van der Waals surface area contributed by atoms with Crippen molar-refractivity contribution in [3.05, 3.63) is 0 Å². The van der Waals surface area contributed by atoms with Gasteiger partial charge >= 0.3 is 0 Å². The Morgan fingerprint density at radius 1 is 1.06 bits per heavy atom. The molecule has 0 heterocycles. The van der Waals surface area contributed by atoms with Crippen LogP contribution in [-0.4, -0.2) is 45.9 Å². The van der Waals surface area contributed by atoms with Crippen LogP contribution in [0, 0.1) is 0 Å². The SMILES string of the molecule is CCCC(N)C(CC)S(=O)(=O)CCS(C)(=O)=O. The molecule has 2 unspecified atom stereocenters. The van der Waals surface area contributed by atoms with Gasteiger partial charge in [-0.15, -0.1) is 0 Å². The molecule has 0 radical (unpaired) electrons. The van der Waals surface area contributed by atoms with Gasteiger partial charge < -0.3 is 5.73 Å². The van der Waals surface area contributed by atoms with Gasteiger partial charge in [0, 0.05) is 12.3 Å². The second kappa shape index (κ2) is 6.70. The average molecular weight is 285 g/mol. The molecule has 0 aliphatic heterocycles. The predicted octanol–water partition coefficient (Wildman–Crippen LogP) is 0.352. The Morgan fingerprint density at radius 3 is 1.94 bits per heavy atom. The third kappa shape index (κ3) is 6.38. The first-order valence-corrected chi connectivity index (χ1v) is 9.56. The van der Waals surface area contributed by atoms with E-state index in [9.17, 15) is 16.8 Å². The van der Waals surface area contributed by atoms with Crippen LogP contribution in [0.15, 0.2) is 0 Å². The van der Waals surface area contributed by atoms with E-state index in [1.54, 1.807) is 6.92 Å². The van der Waals surface area contributed by atoms with Gasteiger partial charge in [0.25, 0.3) is 0 Å². The largest absolute Gasteiger partial charge is 0.327 e. The number of hydrogen-bond acceptors (Lipinski definition) is 5. The van der Waals surface area contributed by atoms with E-state index in [1.807, 2.05) is 6.92 Å². The summed E-state index contributed by atoms with van der Waals surface area (Å²) in [5.41, 5.74) is 5.84. The predicted molar refractivity (Wildman–Crippen MR) is 70.5 cm³/mol. The summed E-state index contributed by atoms with van der Waals surface area (Å²) in [6, 6.07) is -0.408. The molecule has 104 valence electrons. The summed E-state index contributed by atoms with van der Waals surface area (Å²) >= 11 is 0. The third-order valence-corrected chi connectivity index (χ3v) is 6.28. The second-order valence-corrected chi connectivity index (χ2v) is 9.00. The second-order valence-electron chi connectivity index (χ2n) is 4.40. The molecule has 17 heavy (non-hydrogen) atoms. The molecule has 0 aromatic carbocycles. The van der Waals surface area contributed by atoms with Crippen molar-refractivity contribution in [3.63, 3.8) is 0 Å². The smallest absolute Gasteiger partial charge is 0.155 e. The fourth-order valence-corrected chi connectivity index (χ4v) is 5.38. The van der Waals surface area contributed by atoms with Crippen molar-refractivity contribution in [2.45, 2.75) is 44.4 Å². The molecule has 0 aromatic heterocycles. The quantitative estimate of drug-likeness (QED) is 0.694. The Labute approximate surface area is 105 Å². The maximum Gasteiger partial charge on any atom is 0.155 e. The summed E-state index contributed by atoms with van der Waals surface area (Å²) in [5, 5.41) is -0.635. The minimum atomic E-state index is -3.43. The summed E-state index contributed by atoms with van der Waals surface area (Å²) in [4.78, 5) is 0. The van der Waals surface area contributed by atoms with Crippen molar-refractivity contribution in [2.24, 2.45) is 5.73 Å². The molecule has 7 heteroatoms. The first kappa shape index (κ1) is 16.9. The lowest BCUT2D eigenvalue weighted by molar-refractivity contribution is 0.517. The molecule has 0 rings (SSSR count). The van der Waals surface area contributed by atoms with Gasteiger partial charge in [-0.2, -0.15) is 0 Å². The van der Waals surface area contributed by atoms with Crippen molar-refractivity contribution in [1.82, 2.24) is 0 Å². The first-order chi connectivity index (χ1) is 7.64. The molecule has 0 saturated heterocycles. The van der Waals surface area contributed by atoms with E-state index in [1.165, 1.54) is 0 Å². The van der Waals surface area contributed by atoms with Crippen LogP contribution in [0.5, 0.6) is 0 Å². The van der Waals surface area contributed by atoms with Gasteiger partial charge in [-0.05, 0) is 12.8 Å². The van der Waals surface area contributed by atoms with E-state index < -0.39 is 31.0 Å². The molecule has 5 nitrogen and oxygen atoms in total. The molecule has 0 bridgehead atoms. The molecule has 0 aromatic rings. The lowest BCUT2D eigenvalue weighted by atomic mass is 10.1. The van der Waals surface area contributed by atoms with Crippen LogP contribution < -0.4 is 5.73 Å². The standard InChI is InChI=1S/C10H23NO4S2/c1-4-6-9(11)10(5-2)17(14,15)8-7-16(3,12)13/h9-10H,4-8,11H2,1-3H3. The Morgan fingerprint density at radius 2 is 1.59 bits per heavy atom. The van der Waals surface area contributed by atoms with Gasteiger partial charge in [-0.3, -0.25) is 0 Å². The summed E-state index contributed by atoms with van der Waals surface area (Å²) in [5.74, 6) is -0.660. The zero-order valence-electron chi connectivity index (χ0n) is 10.7. The number of hydrogen-bond donors (Lipinski definition) is 1. The Hall–Kier alpha value is -0.140. The lowest BCUT2D eigenvalue weighted by Crippen LogP contribution is -2.42. The molecule has 0 aliphatic rings. The highest BCUT2D eigenvalue weighted by Crippen LogP contribution is 2.14. The van der Waals surface area contributed by atoms with Crippen LogP contribution in [0.4, 0.5) is 0 Å². The van der Waals surface area contributed by atoms with Crippen LogP contribution >= 0.6 is 0 Å². The summed E-state index contributed by atoms with van der Waals surface area (Å²) in [6.45, 7) is 3.70. The van der Waals surface area contributed by atoms with E-state index in [0.29, 0.717) is 12.8 Å². The maximum atomic E-state index is 12.0. The first-order valence-electron chi connectivity index (χ1n) is 5.79. The molecule has 0 spiro atoms. The maximum absolute atomic E-state index is 12.0. The zero-order chi connectivity index (χ0) is 13.7. The van der Waals surface area contributed by atoms with Gasteiger partial charge in [0.15, 0.2) is 9.84 Å². The van der Waals surface area contributed by atoms with E-state index in [2.05, 4.69) is 0 Å². The van der Waals surface area contributed by atoms with E-state index in [4.69, 9.17) is 5.73 Å². The molecule has 0 saturated carbocycles. The van der Waals surface area contributed by atoms with E-state index >= 15 is 0 Å². The molecule has 0 amide bonds. The fourth-order valence-electron chi connectivity index (χ4n) is 1.76. The Balaban J connectivity index is 4.76. The minimum absolute atomic E-state index is 0.329. The Bertz CT molecular complexity index is 414. The monoisotopic (exact) mass is 285 g/mol. The molecule has 2 atom stereocenters. The summed E-state index contributed by atoms with van der Waals surface area (Å²) < 4.78 is 45.9. The fraction of sp³-hybridized carbons (Fsp3) is 1.00. The molecule has 0 fully saturated rings. The average Bonchev–Trinajstić information content (AvgIpc) is 2.15. The molecular weight excluding hydrogens is 262 g/mol. The minimum Gasteiger partial charge on any atom is -0.327 e. The normalized spacial score (nSPS) is 16.7. The van der Waals surface area contributed by atoms with E-state index in [-0.39, 0.29) is 11.5 Å². The number of nitrogens with two attached hydrogens (primary N) is 1. The highest BCUT2D eigenvalue weighted by molar-refractivity contribution is 7.95. The van der Waals surface area contributed by atoms with Gasteiger partial charge in [-0.1, -0.05) is 20.3 Å². The van der Waals surface area contributed by atoms with Crippen molar-refractivity contribution in [3.8, 4) is 0 Å². The van der Waals surface area contributed by atoms with Crippen molar-refractivity contribution >= 4 is 19.7 Å². The highest BCUT2D eigenvalue weighted by atomic mass is 32.2. The summed E-state index contributed by atoms with van der Waals surface area (Å²) in [7, 11) is -6.69. The molecule has 0 aliphatic carbocycles. The molecule has 2 N–H and O–H groups in total. The van der Waals surface area contributed by atoms with Crippen LogP contribution in [0.2, 0.25) is 0 Å². The summed E-state index contributed by atoms with van der Waals surface area (Å²) in [6.07, 6.45) is 2.92. The number of sulfone groups is 2. The Kier molecular flexibility index (Phi) is 6.65. The highest BCUT2D eigenvalue weighted by Gasteiger charge is 2.29. The van der Waals surface area contributed by atoms with Crippen LogP contribution in [0.3, 0.4) is 0 Å². The molecular formula is C10H23NO4S2. The van der Waals surface area contributed by atoms with Gasteiger partial charge in [0.2, 0.25) is 0 Å². The third-order valence-electron chi connectivity index (χ3n) is 2.70. The zero-order valence-corrected chi connectivity index (χ0v) is 12.4. The van der Waals surface area contributed by atoms with E-state index in [0.717, 1.165) is 12.7 Å². The van der Waals surface area contributed by atoms with Gasteiger partial charge in [-0.25, -0.2) is 16.8 Å². The lowest BCUT2D eigenvalue weighted by Gasteiger charge is -2.22. The van der Waals surface area contributed by atoms with Gasteiger partial charge in [0.05, 0.1) is 16.8 Å². The van der Waals surface area contributed by atoms with Crippen molar-refractivity contribution < 1.29 is 16.8 Å². The van der Waals surface area contributed by atoms with Crippen LogP contribution in [0.25, 0.3) is 0 Å². The van der Waals surface area contributed by atoms with Crippen LogP contribution in [0.1, 0.15) is 33.1 Å². The topological polar surface area (TPSA) is 94.3 Å². The van der Waals surface area contributed by atoms with Gasteiger partial charge in [0.1, 0.15) is 9.84 Å². The van der Waals surface area contributed by atoms with Crippen molar-refractivity contribution in [2.75, 3.05) is 17.8 Å². The van der Waals surface area contributed by atoms with Crippen LogP contribution in [-0.2, 0) is 19.7 Å². The number of rotatable bonds is 8. The van der Waals surface area contributed by atoms with Crippen molar-refractivity contribution in [1.29, 1.82) is 0 Å².